The van der Waals surface area contributed by atoms with Crippen molar-refractivity contribution in [2.45, 2.75) is 40.5 Å². The number of fused-ring (bicyclic) bond motifs is 1. The number of halogens is 1. The largest absolute Gasteiger partial charge is 0.298 e. The van der Waals surface area contributed by atoms with Gasteiger partial charge in [-0.25, -0.2) is 0 Å². The Hall–Kier alpha value is -0.110. The van der Waals surface area contributed by atoms with Gasteiger partial charge in [-0.05, 0) is 35.5 Å². The summed E-state index contributed by atoms with van der Waals surface area (Å²) >= 11 is 3.73. The summed E-state index contributed by atoms with van der Waals surface area (Å²) in [5, 5.41) is 0. The minimum Gasteiger partial charge on any atom is -0.298 e. The molecule has 0 aliphatic heterocycles. The zero-order chi connectivity index (χ0) is 11.9. The third-order valence-electron chi connectivity index (χ3n) is 6.01. The smallest absolute Gasteiger partial charge is 0.147 e. The molecule has 0 N–H and O–H groups in total. The minimum absolute atomic E-state index is 0.241. The topological polar surface area (TPSA) is 17.1 Å². The van der Waals surface area contributed by atoms with Crippen molar-refractivity contribution in [3.63, 3.8) is 0 Å². The fourth-order valence-corrected chi connectivity index (χ4v) is 6.27. The average molecular weight is 283 g/mol. The summed E-state index contributed by atoms with van der Waals surface area (Å²) in [6, 6.07) is 0. The van der Waals surface area contributed by atoms with E-state index in [1.807, 2.05) is 0 Å². The summed E-state index contributed by atoms with van der Waals surface area (Å²) in [4.78, 5) is 11.3. The molecule has 88 valence electrons. The Morgan fingerprint density at radius 3 is 2.50 bits per heavy atom. The second-order valence-corrected chi connectivity index (χ2v) is 7.65. The van der Waals surface area contributed by atoms with Gasteiger partial charge in [0.15, 0.2) is 0 Å². The van der Waals surface area contributed by atoms with Crippen molar-refractivity contribution >= 4 is 22.2 Å². The van der Waals surface area contributed by atoms with Crippen LogP contribution in [0.5, 0.6) is 0 Å². The molecule has 3 rings (SSSR count). The third-order valence-corrected chi connectivity index (χ3v) is 7.37. The second kappa shape index (κ2) is 2.66. The lowest BCUT2D eigenvalue weighted by atomic mass is 9.62. The predicted octanol–water partition coefficient (Wildman–Crippen LogP) is 3.93. The highest BCUT2D eigenvalue weighted by Gasteiger charge is 2.84. The molecule has 0 amide bonds. The Bertz CT molecular complexity index is 426. The summed E-state index contributed by atoms with van der Waals surface area (Å²) in [7, 11) is 0. The number of carbonyl (C=O) groups is 1. The Morgan fingerprint density at radius 1 is 1.31 bits per heavy atom. The van der Waals surface area contributed by atoms with Gasteiger partial charge in [-0.3, -0.25) is 4.79 Å². The molecular formula is C14H19BrO. The highest BCUT2D eigenvalue weighted by atomic mass is 79.9. The van der Waals surface area contributed by atoms with Gasteiger partial charge >= 0.3 is 0 Å². The average Bonchev–Trinajstić information content (AvgIpc) is 2.56. The molecule has 0 saturated heterocycles. The van der Waals surface area contributed by atoms with Crippen molar-refractivity contribution in [3.05, 3.63) is 10.1 Å². The molecule has 0 spiro atoms. The molecule has 0 aromatic heterocycles. The lowest BCUT2D eigenvalue weighted by molar-refractivity contribution is -0.105. The standard InChI is InChI=1S/C14H19BrO/c1-8-5-13(3)11-12(2,7-14(11,13)4)10(15)9(8)6-16/h6,8,11H,5,7H2,1-4H3/t8-,11?,12+,13?,14?/m1/s1. The first-order valence-corrected chi connectivity index (χ1v) is 6.96. The first-order chi connectivity index (χ1) is 7.31. The summed E-state index contributed by atoms with van der Waals surface area (Å²) in [5.74, 6) is 1.19. The molecule has 0 bridgehead atoms. The zero-order valence-corrected chi connectivity index (χ0v) is 12.0. The van der Waals surface area contributed by atoms with E-state index >= 15 is 0 Å². The van der Waals surface area contributed by atoms with Gasteiger partial charge in [0.1, 0.15) is 6.29 Å². The van der Waals surface area contributed by atoms with Crippen LogP contribution in [0.3, 0.4) is 0 Å². The summed E-state index contributed by atoms with van der Waals surface area (Å²) < 4.78 is 1.20. The molecule has 2 fully saturated rings. The fraction of sp³-hybridized carbons (Fsp3) is 0.786. The van der Waals surface area contributed by atoms with E-state index in [0.717, 1.165) is 17.8 Å². The van der Waals surface area contributed by atoms with Gasteiger partial charge < -0.3 is 0 Å². The fourth-order valence-electron chi connectivity index (χ4n) is 5.41. The maximum absolute atomic E-state index is 11.3. The number of rotatable bonds is 1. The Balaban J connectivity index is 2.14. The summed E-state index contributed by atoms with van der Waals surface area (Å²) in [6.07, 6.45) is 3.49. The van der Waals surface area contributed by atoms with Crippen LogP contribution < -0.4 is 0 Å². The molecule has 16 heavy (non-hydrogen) atoms. The van der Waals surface area contributed by atoms with Crippen LogP contribution >= 0.6 is 15.9 Å². The lowest BCUT2D eigenvalue weighted by Gasteiger charge is -2.44. The van der Waals surface area contributed by atoms with E-state index in [9.17, 15) is 4.79 Å². The monoisotopic (exact) mass is 282 g/mol. The molecule has 0 radical (unpaired) electrons. The van der Waals surface area contributed by atoms with Crippen molar-refractivity contribution in [3.8, 4) is 0 Å². The van der Waals surface area contributed by atoms with Crippen LogP contribution in [-0.4, -0.2) is 6.29 Å². The van der Waals surface area contributed by atoms with Gasteiger partial charge in [0.25, 0.3) is 0 Å². The second-order valence-electron chi connectivity index (χ2n) is 6.85. The van der Waals surface area contributed by atoms with E-state index < -0.39 is 0 Å². The molecule has 1 nitrogen and oxygen atoms in total. The Morgan fingerprint density at radius 2 is 1.94 bits per heavy atom. The molecule has 3 aliphatic carbocycles. The number of carbonyl (C=O) groups excluding carboxylic acids is 1. The predicted molar refractivity (Wildman–Crippen MR) is 68.2 cm³/mol. The molecule has 0 aromatic rings. The molecule has 2 saturated carbocycles. The van der Waals surface area contributed by atoms with Crippen molar-refractivity contribution in [2.75, 3.05) is 0 Å². The number of allylic oxidation sites excluding steroid dienone is 2. The van der Waals surface area contributed by atoms with Crippen molar-refractivity contribution in [1.29, 1.82) is 0 Å². The number of hydrogen-bond donors (Lipinski definition) is 0. The molecular weight excluding hydrogens is 264 g/mol. The molecule has 0 aromatic carbocycles. The van der Waals surface area contributed by atoms with Gasteiger partial charge in [-0.15, -0.1) is 0 Å². The third kappa shape index (κ3) is 0.857. The summed E-state index contributed by atoms with van der Waals surface area (Å²) in [6.45, 7) is 9.38. The molecule has 0 heterocycles. The van der Waals surface area contributed by atoms with Gasteiger partial charge in [0.05, 0.1) is 0 Å². The summed E-state index contributed by atoms with van der Waals surface area (Å²) in [5.41, 5.74) is 2.26. The first kappa shape index (κ1) is 11.0. The Kier molecular flexibility index (Phi) is 1.83. The van der Waals surface area contributed by atoms with E-state index in [-0.39, 0.29) is 5.41 Å². The van der Waals surface area contributed by atoms with Crippen LogP contribution in [0.4, 0.5) is 0 Å². The van der Waals surface area contributed by atoms with Gasteiger partial charge in [-0.2, -0.15) is 0 Å². The molecule has 5 atom stereocenters. The normalized spacial score (nSPS) is 58.6. The van der Waals surface area contributed by atoms with Crippen LogP contribution in [0, 0.1) is 28.1 Å². The zero-order valence-electron chi connectivity index (χ0n) is 10.4. The molecule has 3 unspecified atom stereocenters. The van der Waals surface area contributed by atoms with E-state index in [2.05, 4.69) is 43.6 Å². The maximum atomic E-state index is 11.3. The number of aldehydes is 1. The highest BCUT2D eigenvalue weighted by Crippen LogP contribution is 2.91. The van der Waals surface area contributed by atoms with E-state index in [1.54, 1.807) is 0 Å². The number of hydrogen-bond acceptors (Lipinski definition) is 1. The van der Waals surface area contributed by atoms with Crippen LogP contribution in [0.25, 0.3) is 0 Å². The molecule has 2 heteroatoms. The minimum atomic E-state index is 0.241. The van der Waals surface area contributed by atoms with Gasteiger partial charge in [-0.1, -0.05) is 43.6 Å². The van der Waals surface area contributed by atoms with Crippen LogP contribution in [0.2, 0.25) is 0 Å². The van der Waals surface area contributed by atoms with Crippen molar-refractivity contribution in [2.24, 2.45) is 28.1 Å². The highest BCUT2D eigenvalue weighted by molar-refractivity contribution is 9.11. The van der Waals surface area contributed by atoms with Gasteiger partial charge in [0.2, 0.25) is 0 Å². The van der Waals surface area contributed by atoms with Crippen LogP contribution in [0.15, 0.2) is 10.1 Å². The first-order valence-electron chi connectivity index (χ1n) is 6.16. The Labute approximate surface area is 106 Å². The van der Waals surface area contributed by atoms with Crippen molar-refractivity contribution in [1.82, 2.24) is 0 Å². The van der Waals surface area contributed by atoms with E-state index in [0.29, 0.717) is 16.7 Å². The van der Waals surface area contributed by atoms with Crippen molar-refractivity contribution < 1.29 is 4.79 Å². The lowest BCUT2D eigenvalue weighted by Crippen LogP contribution is -2.36. The maximum Gasteiger partial charge on any atom is 0.147 e. The van der Waals surface area contributed by atoms with Gasteiger partial charge in [0, 0.05) is 15.5 Å². The van der Waals surface area contributed by atoms with E-state index in [1.165, 1.54) is 17.3 Å². The molecule has 3 aliphatic rings. The van der Waals surface area contributed by atoms with Crippen LogP contribution in [0.1, 0.15) is 40.5 Å². The quantitative estimate of drug-likeness (QED) is 0.666. The SMILES string of the molecule is C[C@@H]1CC2(C)C3C2(C)C[C@@]3(C)C(Br)=C1C=O. The van der Waals surface area contributed by atoms with E-state index in [4.69, 9.17) is 0 Å². The van der Waals surface area contributed by atoms with Crippen LogP contribution in [-0.2, 0) is 4.79 Å².